The molecular weight excluding hydrogens is 202 g/mol. The van der Waals surface area contributed by atoms with E-state index in [0.717, 1.165) is 37.2 Å². The van der Waals surface area contributed by atoms with Crippen molar-refractivity contribution >= 4 is 5.69 Å². The van der Waals surface area contributed by atoms with E-state index in [4.69, 9.17) is 4.74 Å². The maximum absolute atomic E-state index is 9.47. The van der Waals surface area contributed by atoms with E-state index in [0.29, 0.717) is 0 Å². The zero-order valence-corrected chi connectivity index (χ0v) is 9.94. The lowest BCUT2D eigenvalue weighted by molar-refractivity contribution is 0.145. The number of methoxy groups -OCH3 is 1. The third kappa shape index (κ3) is 2.30. The van der Waals surface area contributed by atoms with Gasteiger partial charge in [-0.2, -0.15) is 0 Å². The number of ether oxygens (including phenoxy) is 1. The molecule has 0 aliphatic carbocycles. The van der Waals surface area contributed by atoms with E-state index in [1.54, 1.807) is 7.11 Å². The summed E-state index contributed by atoms with van der Waals surface area (Å²) in [7, 11) is 1.70. The van der Waals surface area contributed by atoms with Crippen LogP contribution in [0.5, 0.6) is 5.75 Å². The van der Waals surface area contributed by atoms with Gasteiger partial charge >= 0.3 is 0 Å². The molecule has 3 nitrogen and oxygen atoms in total. The van der Waals surface area contributed by atoms with Gasteiger partial charge < -0.3 is 14.7 Å². The first-order valence-electron chi connectivity index (χ1n) is 5.78. The normalized spacial score (nSPS) is 17.6. The predicted molar refractivity (Wildman–Crippen MR) is 65.2 cm³/mol. The quantitative estimate of drug-likeness (QED) is 0.828. The number of piperidine rings is 1. The Morgan fingerprint density at radius 3 is 2.62 bits per heavy atom. The third-order valence-electron chi connectivity index (χ3n) is 3.22. The molecule has 2 rings (SSSR count). The second-order valence-corrected chi connectivity index (χ2v) is 4.37. The highest BCUT2D eigenvalue weighted by molar-refractivity contribution is 5.53. The highest BCUT2D eigenvalue weighted by Gasteiger charge is 2.17. The molecule has 1 saturated heterocycles. The molecule has 0 radical (unpaired) electrons. The van der Waals surface area contributed by atoms with Crippen molar-refractivity contribution in [2.75, 3.05) is 25.1 Å². The summed E-state index contributed by atoms with van der Waals surface area (Å²) in [4.78, 5) is 2.30. The lowest BCUT2D eigenvalue weighted by Crippen LogP contribution is -2.35. The Labute approximate surface area is 96.6 Å². The van der Waals surface area contributed by atoms with E-state index in [2.05, 4.69) is 23.1 Å². The number of hydrogen-bond donors (Lipinski definition) is 1. The Hall–Kier alpha value is -1.22. The minimum absolute atomic E-state index is 0.122. The summed E-state index contributed by atoms with van der Waals surface area (Å²) >= 11 is 0. The summed E-state index contributed by atoms with van der Waals surface area (Å²) in [6.45, 7) is 3.89. The molecule has 3 heteroatoms. The maximum Gasteiger partial charge on any atom is 0.123 e. The SMILES string of the molecule is COc1cc(N2CCC(O)CC2)ccc1C. The molecule has 1 heterocycles. The van der Waals surface area contributed by atoms with Crippen LogP contribution in [0, 0.1) is 6.92 Å². The van der Waals surface area contributed by atoms with Crippen LogP contribution in [0.25, 0.3) is 0 Å². The van der Waals surface area contributed by atoms with E-state index in [-0.39, 0.29) is 6.10 Å². The third-order valence-corrected chi connectivity index (χ3v) is 3.22. The number of aliphatic hydroxyl groups excluding tert-OH is 1. The Morgan fingerprint density at radius 2 is 2.00 bits per heavy atom. The molecule has 1 aliphatic heterocycles. The summed E-state index contributed by atoms with van der Waals surface area (Å²) in [5.41, 5.74) is 2.35. The molecule has 1 N–H and O–H groups in total. The molecule has 16 heavy (non-hydrogen) atoms. The van der Waals surface area contributed by atoms with E-state index < -0.39 is 0 Å². The smallest absolute Gasteiger partial charge is 0.123 e. The zero-order valence-electron chi connectivity index (χ0n) is 9.94. The Morgan fingerprint density at radius 1 is 1.31 bits per heavy atom. The largest absolute Gasteiger partial charge is 0.496 e. The van der Waals surface area contributed by atoms with Crippen molar-refractivity contribution in [3.63, 3.8) is 0 Å². The fourth-order valence-electron chi connectivity index (χ4n) is 2.13. The summed E-state index contributed by atoms with van der Waals surface area (Å²) in [5.74, 6) is 0.934. The van der Waals surface area contributed by atoms with Gasteiger partial charge in [0.25, 0.3) is 0 Å². The van der Waals surface area contributed by atoms with Crippen LogP contribution in [-0.2, 0) is 0 Å². The Balaban J connectivity index is 2.14. The van der Waals surface area contributed by atoms with Gasteiger partial charge in [-0.15, -0.1) is 0 Å². The molecule has 0 aromatic heterocycles. The van der Waals surface area contributed by atoms with Crippen LogP contribution in [0.1, 0.15) is 18.4 Å². The van der Waals surface area contributed by atoms with E-state index >= 15 is 0 Å². The van der Waals surface area contributed by atoms with Crippen molar-refractivity contribution in [3.05, 3.63) is 23.8 Å². The average Bonchev–Trinajstić information content (AvgIpc) is 2.31. The molecular formula is C13H19NO2. The highest BCUT2D eigenvalue weighted by atomic mass is 16.5. The number of rotatable bonds is 2. The fraction of sp³-hybridized carbons (Fsp3) is 0.538. The summed E-state index contributed by atoms with van der Waals surface area (Å²) in [5, 5.41) is 9.47. The number of benzene rings is 1. The van der Waals surface area contributed by atoms with Gasteiger partial charge in [0.15, 0.2) is 0 Å². The van der Waals surface area contributed by atoms with Crippen molar-refractivity contribution in [1.82, 2.24) is 0 Å². The number of hydrogen-bond acceptors (Lipinski definition) is 3. The number of nitrogens with zero attached hydrogens (tertiary/aromatic N) is 1. The molecule has 1 aromatic rings. The topological polar surface area (TPSA) is 32.7 Å². The first-order valence-corrected chi connectivity index (χ1v) is 5.78. The lowest BCUT2D eigenvalue weighted by Gasteiger charge is -2.31. The van der Waals surface area contributed by atoms with Crippen molar-refractivity contribution in [2.24, 2.45) is 0 Å². The number of aryl methyl sites for hydroxylation is 1. The van der Waals surface area contributed by atoms with Crippen LogP contribution in [0.4, 0.5) is 5.69 Å². The van der Waals surface area contributed by atoms with Crippen molar-refractivity contribution in [2.45, 2.75) is 25.9 Å². The van der Waals surface area contributed by atoms with Crippen LogP contribution in [0.15, 0.2) is 18.2 Å². The molecule has 0 spiro atoms. The number of aliphatic hydroxyl groups is 1. The predicted octanol–water partition coefficient (Wildman–Crippen LogP) is 1.96. The molecule has 0 bridgehead atoms. The minimum Gasteiger partial charge on any atom is -0.496 e. The van der Waals surface area contributed by atoms with Gasteiger partial charge in [0.2, 0.25) is 0 Å². The summed E-state index contributed by atoms with van der Waals surface area (Å²) in [6.07, 6.45) is 1.59. The van der Waals surface area contributed by atoms with Crippen molar-refractivity contribution < 1.29 is 9.84 Å². The maximum atomic E-state index is 9.47. The molecule has 1 fully saturated rings. The first kappa shape index (κ1) is 11.3. The first-order chi connectivity index (χ1) is 7.70. The van der Waals surface area contributed by atoms with Crippen LogP contribution in [0.3, 0.4) is 0 Å². The summed E-state index contributed by atoms with van der Waals surface area (Å²) in [6, 6.07) is 6.28. The zero-order chi connectivity index (χ0) is 11.5. The fourth-order valence-corrected chi connectivity index (χ4v) is 2.13. The van der Waals surface area contributed by atoms with Gasteiger partial charge in [-0.3, -0.25) is 0 Å². The second-order valence-electron chi connectivity index (χ2n) is 4.37. The standard InChI is InChI=1S/C13H19NO2/c1-10-3-4-11(9-13(10)16-2)14-7-5-12(15)6-8-14/h3-4,9,12,15H,5-8H2,1-2H3. The molecule has 88 valence electrons. The second kappa shape index (κ2) is 4.74. The van der Waals surface area contributed by atoms with Crippen LogP contribution in [-0.4, -0.2) is 31.4 Å². The van der Waals surface area contributed by atoms with Gasteiger partial charge in [-0.25, -0.2) is 0 Å². The average molecular weight is 221 g/mol. The highest BCUT2D eigenvalue weighted by Crippen LogP contribution is 2.27. The molecule has 0 unspecified atom stereocenters. The summed E-state index contributed by atoms with van der Waals surface area (Å²) < 4.78 is 5.32. The molecule has 0 amide bonds. The van der Waals surface area contributed by atoms with Gasteiger partial charge in [0, 0.05) is 24.8 Å². The van der Waals surface area contributed by atoms with Crippen LogP contribution < -0.4 is 9.64 Å². The lowest BCUT2D eigenvalue weighted by atomic mass is 10.1. The molecule has 0 atom stereocenters. The van der Waals surface area contributed by atoms with Crippen LogP contribution >= 0.6 is 0 Å². The van der Waals surface area contributed by atoms with Gasteiger partial charge in [0.05, 0.1) is 13.2 Å². The van der Waals surface area contributed by atoms with Gasteiger partial charge in [-0.1, -0.05) is 6.07 Å². The van der Waals surface area contributed by atoms with Crippen LogP contribution in [0.2, 0.25) is 0 Å². The Kier molecular flexibility index (Phi) is 3.34. The molecule has 0 saturated carbocycles. The monoisotopic (exact) mass is 221 g/mol. The van der Waals surface area contributed by atoms with E-state index in [9.17, 15) is 5.11 Å². The Bertz CT molecular complexity index is 357. The molecule has 1 aromatic carbocycles. The van der Waals surface area contributed by atoms with Crippen molar-refractivity contribution in [1.29, 1.82) is 0 Å². The molecule has 1 aliphatic rings. The van der Waals surface area contributed by atoms with E-state index in [1.165, 1.54) is 5.69 Å². The van der Waals surface area contributed by atoms with Crippen molar-refractivity contribution in [3.8, 4) is 5.75 Å². The van der Waals surface area contributed by atoms with Gasteiger partial charge in [-0.05, 0) is 31.4 Å². The number of anilines is 1. The van der Waals surface area contributed by atoms with Gasteiger partial charge in [0.1, 0.15) is 5.75 Å². The minimum atomic E-state index is -0.122. The van der Waals surface area contributed by atoms with E-state index in [1.807, 2.05) is 6.92 Å².